The van der Waals surface area contributed by atoms with E-state index < -0.39 is 0 Å². The molecule has 1 N–H and O–H groups in total. The van der Waals surface area contributed by atoms with E-state index in [-0.39, 0.29) is 11.9 Å². The second kappa shape index (κ2) is 4.39. The average Bonchev–Trinajstić information content (AvgIpc) is 2.38. The third-order valence-corrected chi connectivity index (χ3v) is 3.34. The van der Waals surface area contributed by atoms with E-state index in [0.717, 1.165) is 16.5 Å². The Morgan fingerprint density at radius 1 is 1.05 bits per heavy atom. The van der Waals surface area contributed by atoms with Crippen LogP contribution in [0.1, 0.15) is 12.0 Å². The molecule has 0 aliphatic carbocycles. The van der Waals surface area contributed by atoms with Crippen LogP contribution in [0.25, 0.3) is 10.8 Å². The Kier molecular flexibility index (Phi) is 2.71. The summed E-state index contributed by atoms with van der Waals surface area (Å²) in [6.45, 7) is 2.47. The molecule has 0 unspecified atom stereocenters. The molecule has 0 spiro atoms. The molecular weight excluding hydrogens is 240 g/mol. The monoisotopic (exact) mass is 254 g/mol. The van der Waals surface area contributed by atoms with E-state index in [9.17, 15) is 9.59 Å². The number of carbonyl (C=O) groups is 2. The normalized spacial score (nSPS) is 15.7. The Hall–Kier alpha value is -2.36. The van der Waals surface area contributed by atoms with Gasteiger partial charge < -0.3 is 0 Å². The fourth-order valence-corrected chi connectivity index (χ4v) is 2.33. The van der Waals surface area contributed by atoms with Gasteiger partial charge in [-0.15, -0.1) is 0 Å². The maximum Gasteiger partial charge on any atom is 0.328 e. The van der Waals surface area contributed by atoms with Gasteiger partial charge in [-0.2, -0.15) is 0 Å². The average molecular weight is 254 g/mol. The molecule has 0 radical (unpaired) electrons. The zero-order valence-corrected chi connectivity index (χ0v) is 10.6. The van der Waals surface area contributed by atoms with Crippen molar-refractivity contribution in [2.24, 2.45) is 0 Å². The summed E-state index contributed by atoms with van der Waals surface area (Å²) >= 11 is 0. The molecule has 1 heterocycles. The number of urea groups is 1. The van der Waals surface area contributed by atoms with Crippen LogP contribution >= 0.6 is 0 Å². The largest absolute Gasteiger partial charge is 0.328 e. The summed E-state index contributed by atoms with van der Waals surface area (Å²) in [6.07, 6.45) is 0.345. The highest BCUT2D eigenvalue weighted by Crippen LogP contribution is 2.24. The molecule has 0 atom stereocenters. The predicted molar refractivity (Wildman–Crippen MR) is 74.2 cm³/mol. The Bertz CT molecular complexity index is 679. The first-order chi connectivity index (χ1) is 9.13. The molecule has 19 heavy (non-hydrogen) atoms. The number of carbonyl (C=O) groups excluding carboxylic acids is 2. The number of aryl methyl sites for hydroxylation is 1. The van der Waals surface area contributed by atoms with Gasteiger partial charge in [-0.25, -0.2) is 4.79 Å². The van der Waals surface area contributed by atoms with E-state index in [0.29, 0.717) is 13.0 Å². The molecule has 0 saturated carbocycles. The number of benzene rings is 2. The number of hydrogen-bond acceptors (Lipinski definition) is 2. The van der Waals surface area contributed by atoms with Crippen molar-refractivity contribution >= 4 is 28.4 Å². The Morgan fingerprint density at radius 3 is 2.63 bits per heavy atom. The van der Waals surface area contributed by atoms with Crippen LogP contribution in [0.4, 0.5) is 10.5 Å². The van der Waals surface area contributed by atoms with Crippen LogP contribution in [0.2, 0.25) is 0 Å². The molecule has 2 aromatic rings. The van der Waals surface area contributed by atoms with Gasteiger partial charge in [-0.3, -0.25) is 15.0 Å². The van der Waals surface area contributed by atoms with Crippen molar-refractivity contribution in [3.05, 3.63) is 42.0 Å². The number of nitrogens with one attached hydrogen (secondary N) is 1. The molecule has 1 aliphatic rings. The lowest BCUT2D eigenvalue weighted by Crippen LogP contribution is -2.49. The molecular formula is C15H14N2O2. The third kappa shape index (κ3) is 2.17. The van der Waals surface area contributed by atoms with Crippen molar-refractivity contribution in [3.63, 3.8) is 0 Å². The standard InChI is InChI=1S/C15H14N2O2/c1-10-2-3-11-4-5-13(9-12(11)8-10)17-7-6-14(18)16-15(17)19/h2-5,8-9H,6-7H2,1H3,(H,16,18,19). The van der Waals surface area contributed by atoms with E-state index in [1.165, 1.54) is 5.56 Å². The Labute approximate surface area is 111 Å². The smallest absolute Gasteiger partial charge is 0.294 e. The van der Waals surface area contributed by atoms with Gasteiger partial charge in [0.2, 0.25) is 5.91 Å². The highest BCUT2D eigenvalue weighted by Gasteiger charge is 2.24. The maximum atomic E-state index is 11.8. The lowest BCUT2D eigenvalue weighted by Gasteiger charge is -2.26. The molecule has 4 nitrogen and oxygen atoms in total. The van der Waals surface area contributed by atoms with Crippen LogP contribution in [0.15, 0.2) is 36.4 Å². The predicted octanol–water partition coefficient (Wildman–Crippen LogP) is 2.59. The van der Waals surface area contributed by atoms with Crippen LogP contribution in [-0.2, 0) is 4.79 Å². The van der Waals surface area contributed by atoms with Crippen molar-refractivity contribution in [1.29, 1.82) is 0 Å². The molecule has 1 fully saturated rings. The number of hydrogen-bond donors (Lipinski definition) is 1. The Balaban J connectivity index is 2.01. The molecule has 4 heteroatoms. The minimum atomic E-state index is -0.344. The van der Waals surface area contributed by atoms with Crippen molar-refractivity contribution in [2.75, 3.05) is 11.4 Å². The van der Waals surface area contributed by atoms with Crippen LogP contribution in [-0.4, -0.2) is 18.5 Å². The van der Waals surface area contributed by atoms with Gasteiger partial charge >= 0.3 is 6.03 Å². The molecule has 3 rings (SSSR count). The summed E-state index contributed by atoms with van der Waals surface area (Å²) in [5.41, 5.74) is 2.01. The topological polar surface area (TPSA) is 49.4 Å². The second-order valence-electron chi connectivity index (χ2n) is 4.79. The van der Waals surface area contributed by atoms with Crippen molar-refractivity contribution in [1.82, 2.24) is 5.32 Å². The lowest BCUT2D eigenvalue weighted by molar-refractivity contribution is -0.120. The van der Waals surface area contributed by atoms with Crippen molar-refractivity contribution in [3.8, 4) is 0 Å². The maximum absolute atomic E-state index is 11.8. The summed E-state index contributed by atoms with van der Waals surface area (Å²) in [6, 6.07) is 11.8. The van der Waals surface area contributed by atoms with E-state index >= 15 is 0 Å². The van der Waals surface area contributed by atoms with Crippen LogP contribution < -0.4 is 10.2 Å². The first-order valence-corrected chi connectivity index (χ1v) is 6.25. The van der Waals surface area contributed by atoms with Crippen molar-refractivity contribution < 1.29 is 9.59 Å². The van der Waals surface area contributed by atoms with Gasteiger partial charge in [0, 0.05) is 18.7 Å². The third-order valence-electron chi connectivity index (χ3n) is 3.34. The summed E-state index contributed by atoms with van der Waals surface area (Å²) in [5, 5.41) is 4.58. The number of imide groups is 1. The minimum Gasteiger partial charge on any atom is -0.294 e. The molecule has 0 bridgehead atoms. The molecule has 2 aromatic carbocycles. The van der Waals surface area contributed by atoms with Gasteiger partial charge in [-0.05, 0) is 29.8 Å². The number of nitrogens with zero attached hydrogens (tertiary/aromatic N) is 1. The number of amides is 3. The van der Waals surface area contributed by atoms with Crippen LogP contribution in [0, 0.1) is 6.92 Å². The first kappa shape index (κ1) is 11.7. The van der Waals surface area contributed by atoms with Crippen LogP contribution in [0.5, 0.6) is 0 Å². The molecule has 1 aliphatic heterocycles. The molecule has 96 valence electrons. The minimum absolute atomic E-state index is 0.210. The van der Waals surface area contributed by atoms with Gasteiger partial charge in [0.15, 0.2) is 0 Å². The number of rotatable bonds is 1. The van der Waals surface area contributed by atoms with Crippen LogP contribution in [0.3, 0.4) is 0 Å². The van der Waals surface area contributed by atoms with E-state index in [1.807, 2.05) is 25.1 Å². The number of fused-ring (bicyclic) bond motifs is 1. The van der Waals surface area contributed by atoms with Gasteiger partial charge in [0.1, 0.15) is 0 Å². The summed E-state index contributed by atoms with van der Waals surface area (Å²) in [5.74, 6) is -0.210. The zero-order valence-electron chi connectivity index (χ0n) is 10.6. The summed E-state index contributed by atoms with van der Waals surface area (Å²) in [7, 11) is 0. The van der Waals surface area contributed by atoms with Gasteiger partial charge in [-0.1, -0.05) is 29.8 Å². The summed E-state index contributed by atoms with van der Waals surface area (Å²) < 4.78 is 0. The molecule has 0 aromatic heterocycles. The second-order valence-corrected chi connectivity index (χ2v) is 4.79. The summed E-state index contributed by atoms with van der Waals surface area (Å²) in [4.78, 5) is 24.6. The molecule has 1 saturated heterocycles. The number of anilines is 1. The SMILES string of the molecule is Cc1ccc2ccc(N3CCC(=O)NC3=O)cc2c1. The van der Waals surface area contributed by atoms with E-state index in [1.54, 1.807) is 4.90 Å². The molecule has 3 amide bonds. The fraction of sp³-hybridized carbons (Fsp3) is 0.200. The van der Waals surface area contributed by atoms with E-state index in [4.69, 9.17) is 0 Å². The van der Waals surface area contributed by atoms with Crippen molar-refractivity contribution in [2.45, 2.75) is 13.3 Å². The quantitative estimate of drug-likeness (QED) is 0.850. The lowest BCUT2D eigenvalue weighted by atomic mass is 10.1. The van der Waals surface area contributed by atoms with Gasteiger partial charge in [0.25, 0.3) is 0 Å². The first-order valence-electron chi connectivity index (χ1n) is 6.25. The highest BCUT2D eigenvalue weighted by atomic mass is 16.2. The zero-order chi connectivity index (χ0) is 13.4. The van der Waals surface area contributed by atoms with E-state index in [2.05, 4.69) is 23.5 Å². The fourth-order valence-electron chi connectivity index (χ4n) is 2.33. The Morgan fingerprint density at radius 2 is 1.84 bits per heavy atom. The van der Waals surface area contributed by atoms with Gasteiger partial charge in [0.05, 0.1) is 0 Å². The highest BCUT2D eigenvalue weighted by molar-refractivity contribution is 6.06.